The number of benzene rings is 1. The Morgan fingerprint density at radius 2 is 1.94 bits per heavy atom. The van der Waals surface area contributed by atoms with Gasteiger partial charge in [-0.3, -0.25) is 9.69 Å². The van der Waals surface area contributed by atoms with Crippen molar-refractivity contribution in [2.75, 3.05) is 13.1 Å². The average Bonchev–Trinajstić information content (AvgIpc) is 3.48. The van der Waals surface area contributed by atoms with E-state index in [1.54, 1.807) is 12.1 Å². The highest BCUT2D eigenvalue weighted by atomic mass is 35.5. The summed E-state index contributed by atoms with van der Waals surface area (Å²) in [5, 5.41) is 7.48. The largest absolute Gasteiger partial charge is 0.348 e. The van der Waals surface area contributed by atoms with E-state index in [4.69, 9.17) is 16.1 Å². The molecule has 1 N–H and O–H groups in total. The second kappa shape index (κ2) is 8.55. The van der Waals surface area contributed by atoms with Gasteiger partial charge in [-0.05, 0) is 43.4 Å². The number of aromatic nitrogens is 4. The fourth-order valence-corrected chi connectivity index (χ4v) is 4.26. The number of piperidine rings is 1. The van der Waals surface area contributed by atoms with Crippen molar-refractivity contribution in [3.05, 3.63) is 70.6 Å². The first kappa shape index (κ1) is 21.0. The van der Waals surface area contributed by atoms with E-state index in [-0.39, 0.29) is 34.0 Å². The van der Waals surface area contributed by atoms with E-state index in [1.807, 2.05) is 0 Å². The fraction of sp³-hybridized carbons (Fsp3) is 0.409. The minimum atomic E-state index is -0.253. The van der Waals surface area contributed by atoms with E-state index in [0.717, 1.165) is 44.3 Å². The van der Waals surface area contributed by atoms with Crippen LogP contribution in [-0.2, 0) is 12.0 Å². The predicted octanol–water partition coefficient (Wildman–Crippen LogP) is 3.13. The first-order chi connectivity index (χ1) is 15.5. The lowest BCUT2D eigenvalue weighted by Crippen LogP contribution is -2.44. The molecule has 1 aliphatic carbocycles. The van der Waals surface area contributed by atoms with Gasteiger partial charge in [-0.1, -0.05) is 28.9 Å². The van der Waals surface area contributed by atoms with Crippen LogP contribution in [0.1, 0.15) is 53.5 Å². The van der Waals surface area contributed by atoms with Crippen LogP contribution in [0.4, 0.5) is 4.39 Å². The topological polar surface area (TPSA) is 97.0 Å². The Morgan fingerprint density at radius 3 is 2.59 bits per heavy atom. The molecule has 0 radical (unpaired) electrons. The van der Waals surface area contributed by atoms with Crippen LogP contribution in [0.5, 0.6) is 0 Å². The number of nitrogens with zero attached hydrogens (tertiary/aromatic N) is 5. The van der Waals surface area contributed by atoms with Crippen molar-refractivity contribution in [1.82, 2.24) is 30.3 Å². The SMILES string of the molecule is O=C(NC1CCN(Cc2nc(C3(c4ccc(F)cc4)CC3)no2)CC1)c1cnc(Cl)cn1. The number of carbonyl (C=O) groups excluding carboxylic acids is 1. The summed E-state index contributed by atoms with van der Waals surface area (Å²) >= 11 is 5.72. The predicted molar refractivity (Wildman–Crippen MR) is 114 cm³/mol. The van der Waals surface area contributed by atoms with Crippen molar-refractivity contribution in [2.45, 2.75) is 43.7 Å². The molecule has 1 aliphatic heterocycles. The summed E-state index contributed by atoms with van der Waals surface area (Å²) in [6.07, 6.45) is 6.22. The monoisotopic (exact) mass is 456 g/mol. The molecular weight excluding hydrogens is 435 g/mol. The third-order valence-corrected chi connectivity index (χ3v) is 6.37. The first-order valence-electron chi connectivity index (χ1n) is 10.6. The summed E-state index contributed by atoms with van der Waals surface area (Å²) in [4.78, 5) is 27.1. The summed E-state index contributed by atoms with van der Waals surface area (Å²) in [5.74, 6) is 0.751. The molecule has 1 amide bonds. The third kappa shape index (κ3) is 4.35. The molecule has 1 aromatic carbocycles. The summed E-state index contributed by atoms with van der Waals surface area (Å²) < 4.78 is 18.8. The Bertz CT molecular complexity index is 1090. The van der Waals surface area contributed by atoms with E-state index in [2.05, 4.69) is 30.3 Å². The lowest BCUT2D eigenvalue weighted by molar-refractivity contribution is 0.0899. The molecule has 0 atom stereocenters. The maximum atomic E-state index is 13.3. The van der Waals surface area contributed by atoms with Crippen molar-refractivity contribution in [3.8, 4) is 0 Å². The molecule has 2 fully saturated rings. The molecule has 0 spiro atoms. The molecule has 1 saturated carbocycles. The van der Waals surface area contributed by atoms with Gasteiger partial charge in [0.25, 0.3) is 5.91 Å². The van der Waals surface area contributed by atoms with Gasteiger partial charge in [0.1, 0.15) is 16.7 Å². The maximum absolute atomic E-state index is 13.3. The van der Waals surface area contributed by atoms with Gasteiger partial charge in [-0.2, -0.15) is 4.98 Å². The van der Waals surface area contributed by atoms with E-state index in [0.29, 0.717) is 18.3 Å². The van der Waals surface area contributed by atoms with Crippen LogP contribution < -0.4 is 5.32 Å². The second-order valence-corrected chi connectivity index (χ2v) is 8.74. The molecule has 3 heterocycles. The van der Waals surface area contributed by atoms with Gasteiger partial charge in [0, 0.05) is 19.1 Å². The van der Waals surface area contributed by atoms with E-state index in [1.165, 1.54) is 24.5 Å². The summed E-state index contributed by atoms with van der Waals surface area (Å²) in [6.45, 7) is 2.17. The Kier molecular flexibility index (Phi) is 5.60. The molecule has 2 aliphatic rings. The van der Waals surface area contributed by atoms with E-state index in [9.17, 15) is 9.18 Å². The first-order valence-corrected chi connectivity index (χ1v) is 11.0. The van der Waals surface area contributed by atoms with Crippen molar-refractivity contribution >= 4 is 17.5 Å². The summed E-state index contributed by atoms with van der Waals surface area (Å²) in [7, 11) is 0. The number of carbonyl (C=O) groups is 1. The molecule has 1 saturated heterocycles. The van der Waals surface area contributed by atoms with Gasteiger partial charge in [-0.25, -0.2) is 14.4 Å². The van der Waals surface area contributed by atoms with Gasteiger partial charge in [0.05, 0.1) is 24.4 Å². The van der Waals surface area contributed by atoms with Crippen LogP contribution in [0.15, 0.2) is 41.2 Å². The van der Waals surface area contributed by atoms with Crippen LogP contribution in [0.2, 0.25) is 5.15 Å². The second-order valence-electron chi connectivity index (χ2n) is 8.35. The molecule has 0 bridgehead atoms. The average molecular weight is 457 g/mol. The van der Waals surface area contributed by atoms with Crippen molar-refractivity contribution in [1.29, 1.82) is 0 Å². The number of likely N-dealkylation sites (tertiary alicyclic amines) is 1. The van der Waals surface area contributed by atoms with Crippen LogP contribution in [0, 0.1) is 5.82 Å². The van der Waals surface area contributed by atoms with Gasteiger partial charge >= 0.3 is 0 Å². The van der Waals surface area contributed by atoms with Gasteiger partial charge in [-0.15, -0.1) is 0 Å². The quantitative estimate of drug-likeness (QED) is 0.608. The highest BCUT2D eigenvalue weighted by Gasteiger charge is 2.50. The summed E-state index contributed by atoms with van der Waals surface area (Å²) in [6, 6.07) is 6.61. The molecular formula is C22H22ClFN6O2. The van der Waals surface area contributed by atoms with Gasteiger partial charge in [0.2, 0.25) is 5.89 Å². The van der Waals surface area contributed by atoms with Crippen LogP contribution in [-0.4, -0.2) is 50.0 Å². The Balaban J connectivity index is 1.14. The Morgan fingerprint density at radius 1 is 1.19 bits per heavy atom. The third-order valence-electron chi connectivity index (χ3n) is 6.18. The lowest BCUT2D eigenvalue weighted by Gasteiger charge is -2.31. The highest BCUT2D eigenvalue weighted by molar-refractivity contribution is 6.29. The van der Waals surface area contributed by atoms with E-state index >= 15 is 0 Å². The lowest BCUT2D eigenvalue weighted by atomic mass is 9.95. The van der Waals surface area contributed by atoms with E-state index < -0.39 is 0 Å². The molecule has 0 unspecified atom stereocenters. The van der Waals surface area contributed by atoms with Gasteiger partial charge in [0.15, 0.2) is 5.82 Å². The fourth-order valence-electron chi connectivity index (χ4n) is 4.16. The minimum absolute atomic E-state index is 0.0719. The smallest absolute Gasteiger partial charge is 0.271 e. The molecule has 3 aromatic rings. The van der Waals surface area contributed by atoms with Crippen molar-refractivity contribution in [3.63, 3.8) is 0 Å². The van der Waals surface area contributed by atoms with Crippen LogP contribution in [0.25, 0.3) is 0 Å². The molecule has 32 heavy (non-hydrogen) atoms. The van der Waals surface area contributed by atoms with Crippen molar-refractivity contribution < 1.29 is 13.7 Å². The molecule has 166 valence electrons. The summed E-state index contributed by atoms with van der Waals surface area (Å²) in [5.41, 5.74) is 1.02. The number of nitrogens with one attached hydrogen (secondary N) is 1. The molecule has 10 heteroatoms. The number of amides is 1. The zero-order valence-corrected chi connectivity index (χ0v) is 18.1. The Hall–Kier alpha value is -2.91. The normalized spacial score (nSPS) is 18.4. The van der Waals surface area contributed by atoms with Crippen LogP contribution in [0.3, 0.4) is 0 Å². The number of hydrogen-bond acceptors (Lipinski definition) is 7. The number of halogens is 2. The van der Waals surface area contributed by atoms with Crippen molar-refractivity contribution in [2.24, 2.45) is 0 Å². The minimum Gasteiger partial charge on any atom is -0.348 e. The number of rotatable bonds is 6. The van der Waals surface area contributed by atoms with Gasteiger partial charge < -0.3 is 9.84 Å². The molecule has 2 aromatic heterocycles. The standard InChI is InChI=1S/C22H22ClFN6O2/c23-18-12-25-17(11-26-18)20(31)27-16-5-9-30(10-6-16)13-19-28-21(29-32-19)22(7-8-22)14-1-3-15(24)4-2-14/h1-4,11-12,16H,5-10,13H2,(H,27,31). The zero-order chi connectivity index (χ0) is 22.1. The zero-order valence-electron chi connectivity index (χ0n) is 17.3. The molecule has 5 rings (SSSR count). The van der Waals surface area contributed by atoms with Crippen LogP contribution >= 0.6 is 11.6 Å². The molecule has 8 nitrogen and oxygen atoms in total. The number of hydrogen-bond donors (Lipinski definition) is 1. The Labute approximate surface area is 189 Å². The highest BCUT2D eigenvalue weighted by Crippen LogP contribution is 2.52. The maximum Gasteiger partial charge on any atom is 0.271 e.